The van der Waals surface area contributed by atoms with Crippen LogP contribution < -0.4 is 14.4 Å². The Morgan fingerprint density at radius 1 is 0.892 bits per heavy atom. The summed E-state index contributed by atoms with van der Waals surface area (Å²) in [6, 6.07) is 10.6. The number of amides is 3. The molecule has 2 heterocycles. The minimum absolute atomic E-state index is 0.155. The summed E-state index contributed by atoms with van der Waals surface area (Å²) >= 11 is 0. The highest BCUT2D eigenvalue weighted by Gasteiger charge is 2.58. The van der Waals surface area contributed by atoms with Crippen LogP contribution in [0.3, 0.4) is 0 Å². The van der Waals surface area contributed by atoms with E-state index in [-0.39, 0.29) is 16.8 Å². The Hall–Kier alpha value is -4.80. The molecule has 0 aromatic heterocycles. The lowest BCUT2D eigenvalue weighted by Gasteiger charge is -2.49. The molecule has 0 aliphatic carbocycles. The molecule has 37 heavy (non-hydrogen) atoms. The molecule has 2 aliphatic heterocycles. The van der Waals surface area contributed by atoms with Gasteiger partial charge in [0.15, 0.2) is 11.5 Å². The Kier molecular flexibility index (Phi) is 5.62. The fourth-order valence-corrected chi connectivity index (χ4v) is 4.80. The number of benzene rings is 3. The van der Waals surface area contributed by atoms with E-state index in [2.05, 4.69) is 0 Å². The molecular formula is C26H20FN3O7. The summed E-state index contributed by atoms with van der Waals surface area (Å²) < 4.78 is 25.1. The maximum atomic E-state index is 14.4. The van der Waals surface area contributed by atoms with E-state index < -0.39 is 46.2 Å². The zero-order chi connectivity index (χ0) is 26.6. The molecule has 2 atom stereocenters. The van der Waals surface area contributed by atoms with Crippen LogP contribution in [0.2, 0.25) is 0 Å². The number of carbonyl (C=O) groups excluding carboxylic acids is 3. The van der Waals surface area contributed by atoms with Gasteiger partial charge in [-0.25, -0.2) is 4.39 Å². The van der Waals surface area contributed by atoms with Crippen molar-refractivity contribution in [2.45, 2.75) is 19.0 Å². The molecule has 0 spiro atoms. The van der Waals surface area contributed by atoms with E-state index in [0.717, 1.165) is 11.0 Å². The number of halogens is 1. The van der Waals surface area contributed by atoms with Crippen LogP contribution in [0.25, 0.3) is 0 Å². The normalized spacial score (nSPS) is 18.5. The number of rotatable bonds is 6. The smallest absolute Gasteiger partial charge is 0.282 e. The molecule has 5 rings (SSSR count). The predicted octanol–water partition coefficient (Wildman–Crippen LogP) is 3.81. The van der Waals surface area contributed by atoms with Crippen molar-refractivity contribution in [2.75, 3.05) is 19.1 Å². The number of hydrogen-bond donors (Lipinski definition) is 0. The summed E-state index contributed by atoms with van der Waals surface area (Å²) in [5.74, 6) is -2.17. The number of nitro groups is 1. The maximum absolute atomic E-state index is 14.4. The molecule has 0 radical (unpaired) electrons. The van der Waals surface area contributed by atoms with Gasteiger partial charge in [-0.1, -0.05) is 18.2 Å². The Morgan fingerprint density at radius 2 is 1.62 bits per heavy atom. The van der Waals surface area contributed by atoms with Crippen molar-refractivity contribution < 1.29 is 33.2 Å². The van der Waals surface area contributed by atoms with Crippen molar-refractivity contribution in [3.05, 3.63) is 92.8 Å². The van der Waals surface area contributed by atoms with Crippen molar-refractivity contribution in [1.29, 1.82) is 0 Å². The molecule has 0 unspecified atom stereocenters. The van der Waals surface area contributed by atoms with Gasteiger partial charge in [0.1, 0.15) is 17.4 Å². The summed E-state index contributed by atoms with van der Waals surface area (Å²) in [7, 11) is 2.89. The number of carbonyl (C=O) groups is 3. The third-order valence-electron chi connectivity index (χ3n) is 6.65. The number of fused-ring (bicyclic) bond motifs is 1. The molecular weight excluding hydrogens is 485 g/mol. The fourth-order valence-electron chi connectivity index (χ4n) is 4.80. The lowest BCUT2D eigenvalue weighted by molar-refractivity contribution is -0.385. The van der Waals surface area contributed by atoms with Crippen LogP contribution in [0.4, 0.5) is 15.8 Å². The summed E-state index contributed by atoms with van der Waals surface area (Å²) in [5.41, 5.74) is 0.0453. The van der Waals surface area contributed by atoms with Crippen LogP contribution >= 0.6 is 0 Å². The van der Waals surface area contributed by atoms with Crippen molar-refractivity contribution in [2.24, 2.45) is 0 Å². The van der Waals surface area contributed by atoms with Gasteiger partial charge in [-0.2, -0.15) is 0 Å². The van der Waals surface area contributed by atoms with E-state index in [1.54, 1.807) is 31.2 Å². The van der Waals surface area contributed by atoms with Gasteiger partial charge >= 0.3 is 0 Å². The molecule has 0 saturated carbocycles. The van der Waals surface area contributed by atoms with Gasteiger partial charge in [-0.3, -0.25) is 29.4 Å². The van der Waals surface area contributed by atoms with Gasteiger partial charge in [0, 0.05) is 11.8 Å². The number of nitrogens with zero attached hydrogens (tertiary/aromatic N) is 3. The quantitative estimate of drug-likeness (QED) is 0.216. The molecule has 0 bridgehead atoms. The zero-order valence-electron chi connectivity index (χ0n) is 19.9. The first kappa shape index (κ1) is 23.9. The number of β-lactam (4-membered cyclic amide) rings is 1. The zero-order valence-corrected chi connectivity index (χ0v) is 19.9. The van der Waals surface area contributed by atoms with Crippen LogP contribution in [0.15, 0.2) is 54.6 Å². The van der Waals surface area contributed by atoms with Crippen molar-refractivity contribution in [3.8, 4) is 11.5 Å². The highest BCUT2D eigenvalue weighted by Crippen LogP contribution is 2.46. The predicted molar refractivity (Wildman–Crippen MR) is 128 cm³/mol. The average molecular weight is 505 g/mol. The first-order valence-electron chi connectivity index (χ1n) is 11.2. The number of ether oxygens (including phenoxy) is 2. The number of hydrogen-bond acceptors (Lipinski definition) is 7. The molecule has 3 amide bonds. The first-order chi connectivity index (χ1) is 17.7. The standard InChI is InChI=1S/C26H20FN3O7/c1-13-7-9-15(12-17(13)27)28-22(14-8-10-19(36-2)20(11-14)37-3)23(26(28)33)29-24(31)16-5-4-6-18(30(34)35)21(16)25(29)32/h4-12,22-23H,1-3H3/t22-,23-/m0/s1. The molecule has 10 nitrogen and oxygen atoms in total. The molecule has 3 aromatic carbocycles. The average Bonchev–Trinajstić information content (AvgIpc) is 3.14. The van der Waals surface area contributed by atoms with Gasteiger partial charge in [-0.05, 0) is 48.4 Å². The number of nitro benzene ring substituents is 1. The molecule has 1 saturated heterocycles. The van der Waals surface area contributed by atoms with Crippen LogP contribution in [0.1, 0.15) is 37.9 Å². The Morgan fingerprint density at radius 3 is 2.27 bits per heavy atom. The van der Waals surface area contributed by atoms with Gasteiger partial charge in [0.2, 0.25) is 0 Å². The topological polar surface area (TPSA) is 119 Å². The Labute approximate surface area is 210 Å². The summed E-state index contributed by atoms with van der Waals surface area (Å²) in [4.78, 5) is 53.1. The third-order valence-corrected chi connectivity index (χ3v) is 6.65. The molecule has 2 aliphatic rings. The van der Waals surface area contributed by atoms with E-state index in [1.165, 1.54) is 43.4 Å². The lowest BCUT2D eigenvalue weighted by atomic mass is 9.86. The van der Waals surface area contributed by atoms with Gasteiger partial charge in [0.25, 0.3) is 23.4 Å². The largest absolute Gasteiger partial charge is 0.493 e. The van der Waals surface area contributed by atoms with Crippen molar-refractivity contribution in [3.63, 3.8) is 0 Å². The van der Waals surface area contributed by atoms with Gasteiger partial charge in [0.05, 0.1) is 30.7 Å². The van der Waals surface area contributed by atoms with E-state index in [1.807, 2.05) is 0 Å². The number of anilines is 1. The lowest BCUT2D eigenvalue weighted by Crippen LogP contribution is -2.67. The van der Waals surface area contributed by atoms with E-state index in [0.29, 0.717) is 22.6 Å². The minimum atomic E-state index is -1.32. The number of aryl methyl sites for hydroxylation is 1. The maximum Gasteiger partial charge on any atom is 0.282 e. The van der Waals surface area contributed by atoms with Crippen LogP contribution in [-0.4, -0.2) is 47.8 Å². The van der Waals surface area contributed by atoms with Crippen molar-refractivity contribution >= 4 is 29.1 Å². The minimum Gasteiger partial charge on any atom is -0.493 e. The van der Waals surface area contributed by atoms with Gasteiger partial charge in [-0.15, -0.1) is 0 Å². The first-order valence-corrected chi connectivity index (χ1v) is 11.2. The highest BCUT2D eigenvalue weighted by atomic mass is 19.1. The van der Waals surface area contributed by atoms with E-state index in [9.17, 15) is 28.9 Å². The summed E-state index contributed by atoms with van der Waals surface area (Å²) in [5, 5.41) is 11.5. The monoisotopic (exact) mass is 505 g/mol. The Balaban J connectivity index is 1.64. The second-order valence-corrected chi connectivity index (χ2v) is 8.58. The highest BCUT2D eigenvalue weighted by molar-refractivity contribution is 6.26. The second kappa shape index (κ2) is 8.70. The van der Waals surface area contributed by atoms with Crippen LogP contribution in [-0.2, 0) is 4.79 Å². The van der Waals surface area contributed by atoms with E-state index >= 15 is 0 Å². The molecule has 0 N–H and O–H groups in total. The van der Waals surface area contributed by atoms with Crippen LogP contribution in [0.5, 0.6) is 11.5 Å². The van der Waals surface area contributed by atoms with Gasteiger partial charge < -0.3 is 14.4 Å². The third kappa shape index (κ3) is 3.50. The Bertz CT molecular complexity index is 1510. The van der Waals surface area contributed by atoms with Crippen molar-refractivity contribution in [1.82, 2.24) is 4.90 Å². The SMILES string of the molecule is COc1ccc([C@H]2[C@H](N3C(=O)c4cccc([N+](=O)[O-])c4C3=O)C(=O)N2c2ccc(C)c(F)c2)cc1OC. The molecule has 188 valence electrons. The summed E-state index contributed by atoms with van der Waals surface area (Å²) in [6.45, 7) is 1.58. The fraction of sp³-hybridized carbons (Fsp3) is 0.192. The second-order valence-electron chi connectivity index (χ2n) is 8.58. The molecule has 3 aromatic rings. The molecule has 11 heteroatoms. The van der Waals surface area contributed by atoms with E-state index in [4.69, 9.17) is 9.47 Å². The van der Waals surface area contributed by atoms with Crippen LogP contribution in [0, 0.1) is 22.9 Å². The summed E-state index contributed by atoms with van der Waals surface area (Å²) in [6.07, 6.45) is 0. The number of methoxy groups -OCH3 is 2. The number of imide groups is 1. The molecule has 1 fully saturated rings.